The number of hydrogen-bond donors (Lipinski definition) is 1. The Morgan fingerprint density at radius 2 is 1.90 bits per heavy atom. The first-order chi connectivity index (χ1) is 9.70. The molecule has 1 saturated heterocycles. The van der Waals surface area contributed by atoms with Crippen molar-refractivity contribution in [2.24, 2.45) is 5.73 Å². The van der Waals surface area contributed by atoms with Crippen LogP contribution >= 0.6 is 0 Å². The van der Waals surface area contributed by atoms with Crippen molar-refractivity contribution >= 4 is 0 Å². The van der Waals surface area contributed by atoms with Crippen LogP contribution in [0.25, 0.3) is 0 Å². The molecule has 0 amide bonds. The molecule has 1 aromatic rings. The molecule has 2 unspecified atom stereocenters. The molecule has 0 aliphatic carbocycles. The highest BCUT2D eigenvalue weighted by Gasteiger charge is 2.36. The lowest BCUT2D eigenvalue weighted by molar-refractivity contribution is -0.137. The summed E-state index contributed by atoms with van der Waals surface area (Å²) in [5, 5.41) is 0. The molecule has 2 atom stereocenters. The molecule has 6 heteroatoms. The van der Waals surface area contributed by atoms with Crippen LogP contribution in [0.2, 0.25) is 0 Å². The minimum Gasteiger partial charge on any atom is -0.326 e. The lowest BCUT2D eigenvalue weighted by atomic mass is 9.89. The standard InChI is InChI=1S/C15H20F4N2/c1-9(2)21-5-3-4-13(20)14(21)10-6-11(15(17,18)19)8-12(16)7-10/h6-9,13-14H,3-5,20H2,1-2H3. The summed E-state index contributed by atoms with van der Waals surface area (Å²) in [7, 11) is 0. The normalized spacial score (nSPS) is 24.6. The van der Waals surface area contributed by atoms with E-state index in [1.165, 1.54) is 6.07 Å². The maximum atomic E-state index is 13.6. The van der Waals surface area contributed by atoms with Crippen molar-refractivity contribution < 1.29 is 17.6 Å². The maximum Gasteiger partial charge on any atom is 0.416 e. The van der Waals surface area contributed by atoms with Gasteiger partial charge in [-0.15, -0.1) is 0 Å². The van der Waals surface area contributed by atoms with E-state index in [2.05, 4.69) is 0 Å². The third kappa shape index (κ3) is 3.55. The molecular formula is C15H20F4N2. The molecule has 21 heavy (non-hydrogen) atoms. The Morgan fingerprint density at radius 1 is 1.24 bits per heavy atom. The van der Waals surface area contributed by atoms with Gasteiger partial charge in [0.25, 0.3) is 0 Å². The van der Waals surface area contributed by atoms with E-state index in [-0.39, 0.29) is 18.1 Å². The number of alkyl halides is 3. The number of rotatable bonds is 2. The van der Waals surface area contributed by atoms with E-state index in [1.807, 2.05) is 18.7 Å². The van der Waals surface area contributed by atoms with E-state index in [0.29, 0.717) is 11.6 Å². The second-order valence-corrected chi connectivity index (χ2v) is 5.85. The molecule has 1 fully saturated rings. The molecule has 1 aromatic carbocycles. The first-order valence-corrected chi connectivity index (χ1v) is 7.09. The average Bonchev–Trinajstić information content (AvgIpc) is 2.36. The molecule has 0 aromatic heterocycles. The van der Waals surface area contributed by atoms with Crippen LogP contribution in [0.5, 0.6) is 0 Å². The van der Waals surface area contributed by atoms with Gasteiger partial charge in [0.05, 0.1) is 11.6 Å². The molecule has 0 radical (unpaired) electrons. The molecule has 0 spiro atoms. The predicted octanol–water partition coefficient (Wildman–Crippen LogP) is 3.72. The lowest BCUT2D eigenvalue weighted by Gasteiger charge is -2.42. The van der Waals surface area contributed by atoms with Crippen molar-refractivity contribution in [1.82, 2.24) is 4.90 Å². The van der Waals surface area contributed by atoms with Crippen LogP contribution in [-0.2, 0) is 6.18 Å². The molecule has 0 bridgehead atoms. The molecule has 2 rings (SSSR count). The second kappa shape index (κ2) is 5.93. The Kier molecular flexibility index (Phi) is 4.58. The van der Waals surface area contributed by atoms with Crippen LogP contribution in [0.1, 0.15) is 43.9 Å². The largest absolute Gasteiger partial charge is 0.416 e. The zero-order valence-corrected chi connectivity index (χ0v) is 12.1. The van der Waals surface area contributed by atoms with Gasteiger partial charge in [0.1, 0.15) is 5.82 Å². The van der Waals surface area contributed by atoms with Crippen LogP contribution in [0.3, 0.4) is 0 Å². The Balaban J connectivity index is 2.45. The molecule has 1 aliphatic rings. The highest BCUT2D eigenvalue weighted by molar-refractivity contribution is 5.30. The van der Waals surface area contributed by atoms with Crippen LogP contribution in [0.15, 0.2) is 18.2 Å². The van der Waals surface area contributed by atoms with Gasteiger partial charge in [-0.25, -0.2) is 4.39 Å². The smallest absolute Gasteiger partial charge is 0.326 e. The van der Waals surface area contributed by atoms with Crippen molar-refractivity contribution in [1.29, 1.82) is 0 Å². The lowest BCUT2D eigenvalue weighted by Crippen LogP contribution is -2.48. The van der Waals surface area contributed by atoms with E-state index in [9.17, 15) is 17.6 Å². The van der Waals surface area contributed by atoms with Crippen LogP contribution in [0, 0.1) is 5.82 Å². The van der Waals surface area contributed by atoms with Crippen LogP contribution in [0.4, 0.5) is 17.6 Å². The Hall–Kier alpha value is -1.14. The number of nitrogens with two attached hydrogens (primary N) is 1. The number of hydrogen-bond acceptors (Lipinski definition) is 2. The van der Waals surface area contributed by atoms with E-state index in [0.717, 1.165) is 25.5 Å². The van der Waals surface area contributed by atoms with E-state index in [4.69, 9.17) is 5.73 Å². The third-order valence-corrected chi connectivity index (χ3v) is 3.97. The summed E-state index contributed by atoms with van der Waals surface area (Å²) in [5.74, 6) is -0.874. The van der Waals surface area contributed by atoms with Crippen LogP contribution < -0.4 is 5.73 Å². The van der Waals surface area contributed by atoms with Crippen molar-refractivity contribution in [3.05, 3.63) is 35.1 Å². The van der Waals surface area contributed by atoms with Gasteiger partial charge in [-0.1, -0.05) is 0 Å². The highest BCUT2D eigenvalue weighted by atomic mass is 19.4. The van der Waals surface area contributed by atoms with Gasteiger partial charge in [0.15, 0.2) is 0 Å². The highest BCUT2D eigenvalue weighted by Crippen LogP contribution is 2.36. The summed E-state index contributed by atoms with van der Waals surface area (Å²) in [6.07, 6.45) is -2.93. The molecular weight excluding hydrogens is 284 g/mol. The Morgan fingerprint density at radius 3 is 2.48 bits per heavy atom. The number of likely N-dealkylation sites (tertiary alicyclic amines) is 1. The van der Waals surface area contributed by atoms with Gasteiger partial charge in [0.2, 0.25) is 0 Å². The zero-order chi connectivity index (χ0) is 15.8. The molecule has 1 heterocycles. The SMILES string of the molecule is CC(C)N1CCCC(N)C1c1cc(F)cc(C(F)(F)F)c1. The van der Waals surface area contributed by atoms with E-state index >= 15 is 0 Å². The summed E-state index contributed by atoms with van der Waals surface area (Å²) in [6.45, 7) is 4.69. The molecule has 2 nitrogen and oxygen atoms in total. The van der Waals surface area contributed by atoms with E-state index in [1.54, 1.807) is 0 Å². The monoisotopic (exact) mass is 304 g/mol. The molecule has 0 saturated carbocycles. The van der Waals surface area contributed by atoms with Gasteiger partial charge in [0, 0.05) is 12.1 Å². The van der Waals surface area contributed by atoms with Gasteiger partial charge >= 0.3 is 6.18 Å². The fourth-order valence-electron chi connectivity index (χ4n) is 3.02. The van der Waals surface area contributed by atoms with Gasteiger partial charge in [-0.05, 0) is 57.0 Å². The topological polar surface area (TPSA) is 29.3 Å². The van der Waals surface area contributed by atoms with E-state index < -0.39 is 17.6 Å². The minimum atomic E-state index is -4.56. The fraction of sp³-hybridized carbons (Fsp3) is 0.600. The summed E-state index contributed by atoms with van der Waals surface area (Å²) < 4.78 is 52.2. The van der Waals surface area contributed by atoms with Crippen LogP contribution in [-0.4, -0.2) is 23.5 Å². The van der Waals surface area contributed by atoms with Gasteiger partial charge in [-0.2, -0.15) is 13.2 Å². The zero-order valence-electron chi connectivity index (χ0n) is 12.1. The summed E-state index contributed by atoms with van der Waals surface area (Å²) in [5.41, 5.74) is 5.45. The van der Waals surface area contributed by atoms with Crippen molar-refractivity contribution in [3.63, 3.8) is 0 Å². The molecule has 2 N–H and O–H groups in total. The third-order valence-electron chi connectivity index (χ3n) is 3.97. The fourth-order valence-corrected chi connectivity index (χ4v) is 3.02. The number of nitrogens with zero attached hydrogens (tertiary/aromatic N) is 1. The Labute approximate surface area is 121 Å². The minimum absolute atomic E-state index is 0.138. The van der Waals surface area contributed by atoms with Crippen molar-refractivity contribution in [2.45, 2.75) is 51.0 Å². The first-order valence-electron chi connectivity index (χ1n) is 7.09. The summed E-state index contributed by atoms with van der Waals surface area (Å²) in [4.78, 5) is 2.04. The predicted molar refractivity (Wildman–Crippen MR) is 73.2 cm³/mol. The Bertz CT molecular complexity index is 499. The number of benzene rings is 1. The second-order valence-electron chi connectivity index (χ2n) is 5.85. The molecule has 1 aliphatic heterocycles. The van der Waals surface area contributed by atoms with Gasteiger partial charge in [-0.3, -0.25) is 4.90 Å². The number of halogens is 4. The summed E-state index contributed by atoms with van der Waals surface area (Å²) >= 11 is 0. The molecule has 118 valence electrons. The first kappa shape index (κ1) is 16.2. The summed E-state index contributed by atoms with van der Waals surface area (Å²) in [6, 6.07) is 2.19. The van der Waals surface area contributed by atoms with Crippen molar-refractivity contribution in [2.75, 3.05) is 6.54 Å². The average molecular weight is 304 g/mol. The van der Waals surface area contributed by atoms with Crippen molar-refractivity contribution in [3.8, 4) is 0 Å². The van der Waals surface area contributed by atoms with Gasteiger partial charge < -0.3 is 5.73 Å². The number of piperidine rings is 1. The maximum absolute atomic E-state index is 13.6. The quantitative estimate of drug-likeness (QED) is 0.844.